The first-order valence-corrected chi connectivity index (χ1v) is 9.34. The van der Waals surface area contributed by atoms with Crippen molar-refractivity contribution in [2.45, 2.75) is 50.0 Å². The van der Waals surface area contributed by atoms with Crippen LogP contribution in [0.5, 0.6) is 0 Å². The van der Waals surface area contributed by atoms with Crippen molar-refractivity contribution in [3.05, 3.63) is 18.3 Å². The fourth-order valence-corrected chi connectivity index (χ4v) is 4.10. The molecule has 0 saturated carbocycles. The molecule has 1 saturated heterocycles. The number of rotatable bonds is 8. The Balaban J connectivity index is 2.17. The quantitative estimate of drug-likeness (QED) is 0.749. The number of nitrogens with zero attached hydrogens (tertiary/aromatic N) is 2. The number of hydrogen-bond donors (Lipinski definition) is 2. The lowest BCUT2D eigenvalue weighted by Crippen LogP contribution is -2.30. The molecule has 0 aliphatic carbocycles. The number of anilines is 1. The molecule has 1 atom stereocenters. The molecule has 23 heavy (non-hydrogen) atoms. The van der Waals surface area contributed by atoms with Gasteiger partial charge in [-0.05, 0) is 25.3 Å². The summed E-state index contributed by atoms with van der Waals surface area (Å²) in [6.07, 6.45) is 5.26. The summed E-state index contributed by atoms with van der Waals surface area (Å²) in [7, 11) is -3.53. The molecule has 0 radical (unpaired) electrons. The number of nitrogens with one attached hydrogen (secondary N) is 1. The second-order valence-corrected chi connectivity index (χ2v) is 7.60. The summed E-state index contributed by atoms with van der Waals surface area (Å²) in [6, 6.07) is 2.09. The fourth-order valence-electron chi connectivity index (χ4n) is 2.57. The first-order chi connectivity index (χ1) is 10.9. The molecule has 1 aliphatic rings. The van der Waals surface area contributed by atoms with Gasteiger partial charge >= 0.3 is 5.97 Å². The van der Waals surface area contributed by atoms with Crippen LogP contribution in [0.25, 0.3) is 0 Å². The monoisotopic (exact) mass is 341 g/mol. The first kappa shape index (κ1) is 17.7. The zero-order chi connectivity index (χ0) is 16.9. The molecule has 8 heteroatoms. The van der Waals surface area contributed by atoms with E-state index in [1.165, 1.54) is 22.6 Å². The van der Waals surface area contributed by atoms with Gasteiger partial charge in [-0.2, -0.15) is 4.31 Å². The van der Waals surface area contributed by atoms with E-state index >= 15 is 0 Å². The van der Waals surface area contributed by atoms with Crippen molar-refractivity contribution in [2.24, 2.45) is 0 Å². The summed E-state index contributed by atoms with van der Waals surface area (Å²) >= 11 is 0. The largest absolute Gasteiger partial charge is 0.480 e. The Morgan fingerprint density at radius 2 is 2.13 bits per heavy atom. The number of sulfonamides is 1. The Morgan fingerprint density at radius 3 is 2.74 bits per heavy atom. The van der Waals surface area contributed by atoms with Gasteiger partial charge in [-0.3, -0.25) is 0 Å². The lowest BCUT2D eigenvalue weighted by atomic mass is 10.1. The van der Waals surface area contributed by atoms with E-state index in [9.17, 15) is 18.3 Å². The normalized spacial score (nSPS) is 17.1. The molecule has 0 spiro atoms. The number of carboxylic acids is 1. The topological polar surface area (TPSA) is 99.6 Å². The highest BCUT2D eigenvalue weighted by Crippen LogP contribution is 2.22. The Morgan fingerprint density at radius 1 is 1.43 bits per heavy atom. The predicted molar refractivity (Wildman–Crippen MR) is 86.8 cm³/mol. The average molecular weight is 341 g/mol. The third-order valence-corrected chi connectivity index (χ3v) is 5.80. The number of carboxylic acid groups (broad SMARTS) is 1. The minimum Gasteiger partial charge on any atom is -0.480 e. The van der Waals surface area contributed by atoms with E-state index in [2.05, 4.69) is 10.3 Å². The Hall–Kier alpha value is -1.67. The van der Waals surface area contributed by atoms with E-state index in [0.29, 0.717) is 19.5 Å². The molecule has 7 nitrogen and oxygen atoms in total. The van der Waals surface area contributed by atoms with Crippen LogP contribution in [-0.2, 0) is 14.8 Å². The molecule has 128 valence electrons. The summed E-state index contributed by atoms with van der Waals surface area (Å²) in [5, 5.41) is 12.1. The van der Waals surface area contributed by atoms with E-state index in [1.807, 2.05) is 6.92 Å². The maximum atomic E-state index is 12.5. The minimum absolute atomic E-state index is 0.150. The van der Waals surface area contributed by atoms with Crippen molar-refractivity contribution in [1.29, 1.82) is 0 Å². The van der Waals surface area contributed by atoms with E-state index in [1.54, 1.807) is 0 Å². The van der Waals surface area contributed by atoms with Gasteiger partial charge in [0.05, 0.1) is 4.90 Å². The van der Waals surface area contributed by atoms with Gasteiger partial charge < -0.3 is 10.4 Å². The minimum atomic E-state index is -3.53. The summed E-state index contributed by atoms with van der Waals surface area (Å²) in [4.78, 5) is 15.5. The third-order valence-electron chi connectivity index (χ3n) is 3.90. The van der Waals surface area contributed by atoms with Crippen molar-refractivity contribution < 1.29 is 18.3 Å². The third kappa shape index (κ3) is 4.42. The molecule has 2 heterocycles. The Kier molecular flexibility index (Phi) is 5.95. The number of pyridine rings is 1. The van der Waals surface area contributed by atoms with E-state index in [4.69, 9.17) is 0 Å². The highest BCUT2D eigenvalue weighted by molar-refractivity contribution is 7.89. The van der Waals surface area contributed by atoms with Crippen LogP contribution in [-0.4, -0.2) is 47.9 Å². The number of unbranched alkanes of at least 4 members (excludes halogenated alkanes) is 1. The van der Waals surface area contributed by atoms with Gasteiger partial charge in [0.2, 0.25) is 10.0 Å². The van der Waals surface area contributed by atoms with Crippen LogP contribution in [0.2, 0.25) is 0 Å². The summed E-state index contributed by atoms with van der Waals surface area (Å²) < 4.78 is 26.5. The SMILES string of the molecule is CCCC[C@H](Nc1cc(S(=O)(=O)N2CCCC2)ccn1)C(=O)O. The summed E-state index contributed by atoms with van der Waals surface area (Å²) in [6.45, 7) is 3.05. The smallest absolute Gasteiger partial charge is 0.326 e. The highest BCUT2D eigenvalue weighted by atomic mass is 32.2. The molecular formula is C15H23N3O4S. The average Bonchev–Trinajstić information content (AvgIpc) is 3.06. The van der Waals surface area contributed by atoms with Crippen LogP contribution in [0.1, 0.15) is 39.0 Å². The lowest BCUT2D eigenvalue weighted by molar-refractivity contribution is -0.138. The molecule has 1 fully saturated rings. The van der Waals surface area contributed by atoms with E-state index in [0.717, 1.165) is 25.7 Å². The van der Waals surface area contributed by atoms with Gasteiger partial charge in [-0.15, -0.1) is 0 Å². The zero-order valence-electron chi connectivity index (χ0n) is 13.2. The van der Waals surface area contributed by atoms with Crippen molar-refractivity contribution in [2.75, 3.05) is 18.4 Å². The molecular weight excluding hydrogens is 318 g/mol. The molecule has 1 aromatic heterocycles. The van der Waals surface area contributed by atoms with Gasteiger partial charge in [-0.1, -0.05) is 19.8 Å². The maximum Gasteiger partial charge on any atom is 0.326 e. The molecule has 0 bridgehead atoms. The highest BCUT2D eigenvalue weighted by Gasteiger charge is 2.27. The van der Waals surface area contributed by atoms with Gasteiger partial charge in [-0.25, -0.2) is 18.2 Å². The van der Waals surface area contributed by atoms with Crippen molar-refractivity contribution in [3.63, 3.8) is 0 Å². The van der Waals surface area contributed by atoms with Crippen molar-refractivity contribution in [1.82, 2.24) is 9.29 Å². The number of aliphatic carboxylic acids is 1. The van der Waals surface area contributed by atoms with Crippen LogP contribution in [0.3, 0.4) is 0 Å². The molecule has 2 rings (SSSR count). The molecule has 2 N–H and O–H groups in total. The summed E-state index contributed by atoms with van der Waals surface area (Å²) in [5.41, 5.74) is 0. The predicted octanol–water partition coefficient (Wildman–Crippen LogP) is 1.92. The van der Waals surface area contributed by atoms with Crippen LogP contribution in [0.4, 0.5) is 5.82 Å². The van der Waals surface area contributed by atoms with Gasteiger partial charge in [0.25, 0.3) is 0 Å². The fraction of sp³-hybridized carbons (Fsp3) is 0.600. The zero-order valence-corrected chi connectivity index (χ0v) is 14.1. The van der Waals surface area contributed by atoms with Crippen LogP contribution < -0.4 is 5.32 Å². The first-order valence-electron chi connectivity index (χ1n) is 7.90. The van der Waals surface area contributed by atoms with Gasteiger partial charge in [0, 0.05) is 25.4 Å². The molecule has 0 amide bonds. The molecule has 1 aliphatic heterocycles. The van der Waals surface area contributed by atoms with Gasteiger partial charge in [0.1, 0.15) is 11.9 Å². The number of aromatic nitrogens is 1. The van der Waals surface area contributed by atoms with E-state index in [-0.39, 0.29) is 10.7 Å². The maximum absolute atomic E-state index is 12.5. The standard InChI is InChI=1S/C15H23N3O4S/c1-2-3-6-13(15(19)20)17-14-11-12(7-8-16-14)23(21,22)18-9-4-5-10-18/h7-8,11,13H,2-6,9-10H2,1H3,(H,16,17)(H,19,20)/t13-/m0/s1. The van der Waals surface area contributed by atoms with Crippen LogP contribution in [0.15, 0.2) is 23.2 Å². The van der Waals surface area contributed by atoms with Crippen molar-refractivity contribution in [3.8, 4) is 0 Å². The van der Waals surface area contributed by atoms with Gasteiger partial charge in [0.15, 0.2) is 0 Å². The number of carbonyl (C=O) groups is 1. The molecule has 0 unspecified atom stereocenters. The van der Waals surface area contributed by atoms with Crippen LogP contribution in [0, 0.1) is 0 Å². The molecule has 0 aromatic carbocycles. The van der Waals surface area contributed by atoms with Crippen molar-refractivity contribution >= 4 is 21.8 Å². The molecule has 1 aromatic rings. The Labute approximate surface area is 136 Å². The second-order valence-electron chi connectivity index (χ2n) is 5.67. The number of hydrogen-bond acceptors (Lipinski definition) is 5. The Bertz CT molecular complexity index is 642. The lowest BCUT2D eigenvalue weighted by Gasteiger charge is -2.18. The second kappa shape index (κ2) is 7.74. The van der Waals surface area contributed by atoms with Crippen LogP contribution >= 0.6 is 0 Å². The summed E-state index contributed by atoms with van der Waals surface area (Å²) in [5.74, 6) is -0.693. The van der Waals surface area contributed by atoms with E-state index < -0.39 is 22.0 Å².